The summed E-state index contributed by atoms with van der Waals surface area (Å²) in [6.45, 7) is 1.08. The highest BCUT2D eigenvalue weighted by Crippen LogP contribution is 2.31. The summed E-state index contributed by atoms with van der Waals surface area (Å²) in [4.78, 5) is 14.0. The molecule has 4 nitrogen and oxygen atoms in total. The summed E-state index contributed by atoms with van der Waals surface area (Å²) in [6, 6.07) is 6.84. The maximum atomic E-state index is 12.4. The van der Waals surface area contributed by atoms with Gasteiger partial charge in [-0.2, -0.15) is 5.26 Å². The van der Waals surface area contributed by atoms with E-state index in [1.807, 2.05) is 0 Å². The fraction of sp³-hybridized carbons (Fsp3) is 0.500. The molecule has 0 aliphatic heterocycles. The number of aliphatic hydroxyl groups is 1. The highest BCUT2D eigenvalue weighted by atomic mass is 35.5. The second-order valence-electron chi connectivity index (χ2n) is 5.61. The summed E-state index contributed by atoms with van der Waals surface area (Å²) >= 11 is 11.8. The standard InChI is InChI=1S/C16H18Cl2N2O2/c17-13-6-12(7-14(18)8-13)15(21)9-16(22)20(5-1-4-19)10-11-2-3-11/h6-8,11,15,21H,1-3,5,9-10H2. The Labute approximate surface area is 140 Å². The molecule has 0 saturated heterocycles. The maximum Gasteiger partial charge on any atom is 0.225 e. The number of amides is 1. The van der Waals surface area contributed by atoms with Gasteiger partial charge in [0.1, 0.15) is 0 Å². The third kappa shape index (κ3) is 5.17. The van der Waals surface area contributed by atoms with E-state index in [1.54, 1.807) is 23.1 Å². The first kappa shape index (κ1) is 17.1. The highest BCUT2D eigenvalue weighted by Gasteiger charge is 2.27. The molecule has 118 valence electrons. The molecule has 0 aromatic heterocycles. The topological polar surface area (TPSA) is 64.3 Å². The lowest BCUT2D eigenvalue weighted by Crippen LogP contribution is -2.34. The first-order valence-electron chi connectivity index (χ1n) is 7.28. The van der Waals surface area contributed by atoms with Crippen LogP contribution in [0.1, 0.15) is 37.4 Å². The van der Waals surface area contributed by atoms with Crippen LogP contribution in [0.2, 0.25) is 10.0 Å². The second kappa shape index (κ2) is 7.82. The van der Waals surface area contributed by atoms with Crippen LogP contribution in [0.3, 0.4) is 0 Å². The summed E-state index contributed by atoms with van der Waals surface area (Å²) in [5.74, 6) is 0.395. The molecule has 1 saturated carbocycles. The van der Waals surface area contributed by atoms with Gasteiger partial charge in [-0.25, -0.2) is 0 Å². The molecule has 1 amide bonds. The number of hydrogen-bond acceptors (Lipinski definition) is 3. The van der Waals surface area contributed by atoms with E-state index in [4.69, 9.17) is 28.5 Å². The molecule has 6 heteroatoms. The van der Waals surface area contributed by atoms with Crippen LogP contribution < -0.4 is 0 Å². The van der Waals surface area contributed by atoms with Gasteiger partial charge in [0.2, 0.25) is 5.91 Å². The van der Waals surface area contributed by atoms with Gasteiger partial charge in [-0.3, -0.25) is 4.79 Å². The zero-order chi connectivity index (χ0) is 16.1. The van der Waals surface area contributed by atoms with Crippen LogP contribution >= 0.6 is 23.2 Å². The minimum Gasteiger partial charge on any atom is -0.388 e. The Morgan fingerprint density at radius 3 is 2.55 bits per heavy atom. The predicted molar refractivity (Wildman–Crippen MR) is 85.6 cm³/mol. The van der Waals surface area contributed by atoms with Gasteiger partial charge in [0.15, 0.2) is 0 Å². The second-order valence-corrected chi connectivity index (χ2v) is 6.49. The van der Waals surface area contributed by atoms with Crippen molar-refractivity contribution < 1.29 is 9.90 Å². The van der Waals surface area contributed by atoms with Gasteiger partial charge < -0.3 is 10.0 Å². The van der Waals surface area contributed by atoms with E-state index < -0.39 is 6.10 Å². The van der Waals surface area contributed by atoms with E-state index in [-0.39, 0.29) is 12.3 Å². The van der Waals surface area contributed by atoms with E-state index in [0.717, 1.165) is 12.8 Å². The lowest BCUT2D eigenvalue weighted by Gasteiger charge is -2.23. The Bertz CT molecular complexity index is 562. The molecule has 1 N–H and O–H groups in total. The molecule has 1 unspecified atom stereocenters. The van der Waals surface area contributed by atoms with Gasteiger partial charge in [-0.1, -0.05) is 23.2 Å². The summed E-state index contributed by atoms with van der Waals surface area (Å²) in [5, 5.41) is 19.8. The zero-order valence-electron chi connectivity index (χ0n) is 12.1. The molecule has 1 fully saturated rings. The summed E-state index contributed by atoms with van der Waals surface area (Å²) in [6.07, 6.45) is 1.57. The highest BCUT2D eigenvalue weighted by molar-refractivity contribution is 6.34. The van der Waals surface area contributed by atoms with Crippen molar-refractivity contribution in [3.63, 3.8) is 0 Å². The predicted octanol–water partition coefficient (Wildman–Crippen LogP) is 3.57. The molecule has 1 aromatic carbocycles. The number of carbonyl (C=O) groups excluding carboxylic acids is 1. The molecule has 1 atom stereocenters. The van der Waals surface area contributed by atoms with Crippen molar-refractivity contribution in [1.29, 1.82) is 5.26 Å². The van der Waals surface area contributed by atoms with Gasteiger partial charge in [-0.15, -0.1) is 0 Å². The van der Waals surface area contributed by atoms with E-state index in [0.29, 0.717) is 41.0 Å². The lowest BCUT2D eigenvalue weighted by molar-refractivity contribution is -0.133. The molecule has 0 radical (unpaired) electrons. The van der Waals surface area contributed by atoms with Crippen molar-refractivity contribution in [3.8, 4) is 6.07 Å². The molecular formula is C16H18Cl2N2O2. The average Bonchev–Trinajstić information content (AvgIpc) is 3.26. The van der Waals surface area contributed by atoms with Crippen molar-refractivity contribution in [1.82, 2.24) is 4.90 Å². The number of nitrogens with zero attached hydrogens (tertiary/aromatic N) is 2. The van der Waals surface area contributed by atoms with Gasteiger partial charge in [0.25, 0.3) is 0 Å². The summed E-state index contributed by atoms with van der Waals surface area (Å²) < 4.78 is 0. The first-order valence-corrected chi connectivity index (χ1v) is 8.04. The normalized spacial score (nSPS) is 15.2. The average molecular weight is 341 g/mol. The van der Waals surface area contributed by atoms with Crippen LogP contribution in [-0.2, 0) is 4.79 Å². The smallest absolute Gasteiger partial charge is 0.225 e. The number of rotatable bonds is 7. The van der Waals surface area contributed by atoms with E-state index in [2.05, 4.69) is 6.07 Å². The summed E-state index contributed by atoms with van der Waals surface area (Å²) in [5.41, 5.74) is 0.525. The van der Waals surface area contributed by atoms with Crippen molar-refractivity contribution in [2.45, 2.75) is 31.8 Å². The van der Waals surface area contributed by atoms with Crippen LogP contribution in [0.15, 0.2) is 18.2 Å². The quantitative estimate of drug-likeness (QED) is 0.825. The van der Waals surface area contributed by atoms with Gasteiger partial charge in [-0.05, 0) is 42.5 Å². The third-order valence-corrected chi connectivity index (χ3v) is 4.10. The van der Waals surface area contributed by atoms with Gasteiger partial charge in [0.05, 0.1) is 25.0 Å². The van der Waals surface area contributed by atoms with E-state index in [1.165, 1.54) is 0 Å². The molecule has 2 rings (SSSR count). The number of benzene rings is 1. The fourth-order valence-corrected chi connectivity index (χ4v) is 2.84. The Morgan fingerprint density at radius 2 is 2.00 bits per heavy atom. The SMILES string of the molecule is N#CCCN(CC1CC1)C(=O)CC(O)c1cc(Cl)cc(Cl)c1. The molecular weight excluding hydrogens is 323 g/mol. The van der Waals surface area contributed by atoms with Gasteiger partial charge >= 0.3 is 0 Å². The Balaban J connectivity index is 1.99. The molecule has 0 heterocycles. The Hall–Kier alpha value is -1.28. The molecule has 1 aliphatic carbocycles. The molecule has 22 heavy (non-hydrogen) atoms. The summed E-state index contributed by atoms with van der Waals surface area (Å²) in [7, 11) is 0. The van der Waals surface area contributed by atoms with Crippen LogP contribution in [0.5, 0.6) is 0 Å². The lowest BCUT2D eigenvalue weighted by atomic mass is 10.1. The van der Waals surface area contributed by atoms with Crippen LogP contribution in [0.4, 0.5) is 0 Å². The van der Waals surface area contributed by atoms with Crippen LogP contribution in [0, 0.1) is 17.2 Å². The molecule has 1 aliphatic rings. The minimum absolute atomic E-state index is 0.0329. The van der Waals surface area contributed by atoms with Gasteiger partial charge in [0, 0.05) is 23.1 Å². The molecule has 1 aromatic rings. The zero-order valence-corrected chi connectivity index (χ0v) is 13.6. The number of carbonyl (C=O) groups is 1. The number of halogens is 2. The van der Waals surface area contributed by atoms with Crippen molar-refractivity contribution in [2.24, 2.45) is 5.92 Å². The minimum atomic E-state index is -0.951. The van der Waals surface area contributed by atoms with Crippen molar-refractivity contribution >= 4 is 29.1 Å². The molecule has 0 spiro atoms. The monoisotopic (exact) mass is 340 g/mol. The Morgan fingerprint density at radius 1 is 1.36 bits per heavy atom. The maximum absolute atomic E-state index is 12.4. The fourth-order valence-electron chi connectivity index (χ4n) is 2.29. The van der Waals surface area contributed by atoms with Crippen molar-refractivity contribution in [2.75, 3.05) is 13.1 Å². The van der Waals surface area contributed by atoms with Crippen LogP contribution in [-0.4, -0.2) is 29.0 Å². The first-order chi connectivity index (χ1) is 10.5. The Kier molecular flexibility index (Phi) is 6.07. The largest absolute Gasteiger partial charge is 0.388 e. The number of nitriles is 1. The molecule has 0 bridgehead atoms. The van der Waals surface area contributed by atoms with E-state index in [9.17, 15) is 9.90 Å². The number of aliphatic hydroxyl groups excluding tert-OH is 1. The van der Waals surface area contributed by atoms with Crippen molar-refractivity contribution in [3.05, 3.63) is 33.8 Å². The van der Waals surface area contributed by atoms with Crippen LogP contribution in [0.25, 0.3) is 0 Å². The number of hydrogen-bond donors (Lipinski definition) is 1. The third-order valence-electron chi connectivity index (χ3n) is 3.66. The van der Waals surface area contributed by atoms with E-state index >= 15 is 0 Å².